The van der Waals surface area contributed by atoms with Gasteiger partial charge in [-0.2, -0.15) is 0 Å². The summed E-state index contributed by atoms with van der Waals surface area (Å²) in [7, 11) is 0. The van der Waals surface area contributed by atoms with Gasteiger partial charge in [-0.15, -0.1) is 0 Å². The lowest BCUT2D eigenvalue weighted by molar-refractivity contribution is -0.394. The highest BCUT2D eigenvalue weighted by molar-refractivity contribution is 6.63. The summed E-state index contributed by atoms with van der Waals surface area (Å²) in [5.74, 6) is 0. The van der Waals surface area contributed by atoms with Crippen molar-refractivity contribution in [3.63, 3.8) is 0 Å². The SMILES string of the molecule is O=C(Cl)Cc1cc([N+](=O)[O-])c(Cl)c([N+](=O)[O-])c1. The Hall–Kier alpha value is -1.73. The highest BCUT2D eigenvalue weighted by Gasteiger charge is 2.25. The molecule has 90 valence electrons. The molecule has 1 rings (SSSR count). The number of nitro groups is 2. The van der Waals surface area contributed by atoms with Crippen LogP contribution in [0.5, 0.6) is 0 Å². The molecule has 0 aliphatic heterocycles. The van der Waals surface area contributed by atoms with E-state index in [2.05, 4.69) is 0 Å². The third-order valence-corrected chi connectivity index (χ3v) is 2.35. The Bertz CT molecular complexity index is 482. The minimum absolute atomic E-state index is 0.0628. The number of rotatable bonds is 4. The van der Waals surface area contributed by atoms with Crippen LogP contribution < -0.4 is 0 Å². The number of hydrogen-bond acceptors (Lipinski definition) is 5. The van der Waals surface area contributed by atoms with E-state index in [0.717, 1.165) is 12.1 Å². The van der Waals surface area contributed by atoms with Crippen LogP contribution in [0.4, 0.5) is 11.4 Å². The van der Waals surface area contributed by atoms with Gasteiger partial charge in [-0.25, -0.2) is 0 Å². The van der Waals surface area contributed by atoms with Gasteiger partial charge in [-0.3, -0.25) is 25.0 Å². The fourth-order valence-electron chi connectivity index (χ4n) is 1.18. The predicted octanol–water partition coefficient (Wildman–Crippen LogP) is 2.46. The fraction of sp³-hybridized carbons (Fsp3) is 0.125. The molecule has 1 aromatic rings. The van der Waals surface area contributed by atoms with Crippen molar-refractivity contribution in [1.29, 1.82) is 0 Å². The molecule has 0 aliphatic carbocycles. The molecule has 0 fully saturated rings. The maximum atomic E-state index is 10.7. The van der Waals surface area contributed by atoms with E-state index in [9.17, 15) is 25.0 Å². The Kier molecular flexibility index (Phi) is 3.97. The average molecular weight is 279 g/mol. The second-order valence-corrected chi connectivity index (χ2v) is 3.79. The van der Waals surface area contributed by atoms with Crippen LogP contribution in [0.1, 0.15) is 5.56 Å². The molecule has 7 nitrogen and oxygen atoms in total. The average Bonchev–Trinajstić information content (AvgIpc) is 2.18. The first kappa shape index (κ1) is 13.3. The second-order valence-electron chi connectivity index (χ2n) is 2.99. The van der Waals surface area contributed by atoms with E-state index in [4.69, 9.17) is 23.2 Å². The molecule has 0 atom stereocenters. The summed E-state index contributed by atoms with van der Waals surface area (Å²) >= 11 is 10.6. The largest absolute Gasteiger partial charge is 0.295 e. The summed E-state index contributed by atoms with van der Waals surface area (Å²) in [5.41, 5.74) is -1.20. The van der Waals surface area contributed by atoms with Crippen molar-refractivity contribution in [2.75, 3.05) is 0 Å². The zero-order chi connectivity index (χ0) is 13.2. The Labute approximate surface area is 104 Å². The lowest BCUT2D eigenvalue weighted by atomic mass is 10.1. The number of hydrogen-bond donors (Lipinski definition) is 0. The van der Waals surface area contributed by atoms with Crippen molar-refractivity contribution in [3.8, 4) is 0 Å². The van der Waals surface area contributed by atoms with E-state index in [1.807, 2.05) is 0 Å². The van der Waals surface area contributed by atoms with Crippen LogP contribution in [0.25, 0.3) is 0 Å². The number of carbonyl (C=O) groups is 1. The van der Waals surface area contributed by atoms with Gasteiger partial charge >= 0.3 is 0 Å². The third kappa shape index (κ3) is 3.11. The third-order valence-electron chi connectivity index (χ3n) is 1.83. The smallest absolute Gasteiger partial charge is 0.281 e. The zero-order valence-electron chi connectivity index (χ0n) is 8.05. The predicted molar refractivity (Wildman–Crippen MR) is 59.3 cm³/mol. The summed E-state index contributed by atoms with van der Waals surface area (Å²) < 4.78 is 0. The minimum Gasteiger partial charge on any atom is -0.281 e. The zero-order valence-corrected chi connectivity index (χ0v) is 9.57. The van der Waals surface area contributed by atoms with Gasteiger partial charge in [-0.1, -0.05) is 11.6 Å². The lowest BCUT2D eigenvalue weighted by Crippen LogP contribution is -2.00. The summed E-state index contributed by atoms with van der Waals surface area (Å²) in [5, 5.41) is 19.9. The molecule has 0 heterocycles. The molecular formula is C8H4Cl2N2O5. The van der Waals surface area contributed by atoms with Crippen molar-refractivity contribution < 1.29 is 14.6 Å². The quantitative estimate of drug-likeness (QED) is 0.478. The Balaban J connectivity index is 3.41. The number of nitro benzene ring substituents is 2. The summed E-state index contributed by atoms with van der Waals surface area (Å²) in [6.07, 6.45) is -0.347. The van der Waals surface area contributed by atoms with E-state index < -0.39 is 31.5 Å². The monoisotopic (exact) mass is 278 g/mol. The molecule has 0 saturated carbocycles. The van der Waals surface area contributed by atoms with Crippen LogP contribution in [0.3, 0.4) is 0 Å². The van der Waals surface area contributed by atoms with Crippen LogP contribution in [-0.4, -0.2) is 15.1 Å². The lowest BCUT2D eigenvalue weighted by Gasteiger charge is -2.01. The van der Waals surface area contributed by atoms with Crippen molar-refractivity contribution in [3.05, 3.63) is 42.9 Å². The van der Waals surface area contributed by atoms with Crippen molar-refractivity contribution in [1.82, 2.24) is 0 Å². The summed E-state index contributed by atoms with van der Waals surface area (Å²) in [6.45, 7) is 0. The maximum absolute atomic E-state index is 10.7. The number of nitrogens with zero attached hydrogens (tertiary/aromatic N) is 2. The Morgan fingerprint density at radius 2 is 1.59 bits per heavy atom. The highest BCUT2D eigenvalue weighted by atomic mass is 35.5. The molecule has 0 spiro atoms. The standard InChI is InChI=1S/C8H4Cl2N2O5/c9-7(13)3-4-1-5(11(14)15)8(10)6(2-4)12(16)17/h1-2H,3H2. The molecule has 0 saturated heterocycles. The van der Waals surface area contributed by atoms with Crippen molar-refractivity contribution >= 4 is 39.8 Å². The fourth-order valence-corrected chi connectivity index (χ4v) is 1.58. The normalized spacial score (nSPS) is 10.0. The summed E-state index contributed by atoms with van der Waals surface area (Å²) in [6, 6.07) is 1.96. The molecule has 0 aromatic heterocycles. The van der Waals surface area contributed by atoms with Crippen LogP contribution >= 0.6 is 23.2 Å². The summed E-state index contributed by atoms with van der Waals surface area (Å²) in [4.78, 5) is 30.2. The van der Waals surface area contributed by atoms with Gasteiger partial charge in [-0.05, 0) is 17.2 Å². The van der Waals surface area contributed by atoms with Gasteiger partial charge in [0.1, 0.15) is 0 Å². The molecule has 1 aromatic carbocycles. The molecule has 9 heteroatoms. The van der Waals surface area contributed by atoms with E-state index in [0.29, 0.717) is 0 Å². The van der Waals surface area contributed by atoms with Crippen molar-refractivity contribution in [2.45, 2.75) is 6.42 Å². The van der Waals surface area contributed by atoms with Gasteiger partial charge in [0.2, 0.25) is 5.24 Å². The van der Waals surface area contributed by atoms with Crippen LogP contribution in [0, 0.1) is 20.2 Å². The topological polar surface area (TPSA) is 103 Å². The van der Waals surface area contributed by atoms with Crippen LogP contribution in [-0.2, 0) is 11.2 Å². The van der Waals surface area contributed by atoms with E-state index in [-0.39, 0.29) is 12.0 Å². The molecule has 17 heavy (non-hydrogen) atoms. The van der Waals surface area contributed by atoms with E-state index in [1.54, 1.807) is 0 Å². The molecule has 0 amide bonds. The highest BCUT2D eigenvalue weighted by Crippen LogP contribution is 2.35. The molecule has 0 radical (unpaired) electrons. The molecule has 0 N–H and O–H groups in total. The minimum atomic E-state index is -0.864. The van der Waals surface area contributed by atoms with Crippen molar-refractivity contribution in [2.24, 2.45) is 0 Å². The second kappa shape index (κ2) is 5.07. The maximum Gasteiger partial charge on any atom is 0.295 e. The molecular weight excluding hydrogens is 275 g/mol. The Morgan fingerprint density at radius 1 is 1.18 bits per heavy atom. The number of carbonyl (C=O) groups excluding carboxylic acids is 1. The van der Waals surface area contributed by atoms with Gasteiger partial charge in [0.05, 0.1) is 9.85 Å². The first-order valence-corrected chi connectivity index (χ1v) is 4.88. The first-order valence-electron chi connectivity index (χ1n) is 4.12. The Morgan fingerprint density at radius 3 is 1.88 bits per heavy atom. The number of halogens is 2. The molecule has 0 bridgehead atoms. The van der Waals surface area contributed by atoms with Crippen LogP contribution in [0.15, 0.2) is 12.1 Å². The first-order chi connectivity index (χ1) is 7.82. The molecule has 0 unspecified atom stereocenters. The van der Waals surface area contributed by atoms with Crippen LogP contribution in [0.2, 0.25) is 5.02 Å². The van der Waals surface area contributed by atoms with Gasteiger partial charge in [0.25, 0.3) is 11.4 Å². The number of benzene rings is 1. The van der Waals surface area contributed by atoms with Gasteiger partial charge < -0.3 is 0 Å². The van der Waals surface area contributed by atoms with Gasteiger partial charge in [0.15, 0.2) is 5.02 Å². The van der Waals surface area contributed by atoms with Gasteiger partial charge in [0, 0.05) is 18.6 Å². The van der Waals surface area contributed by atoms with E-state index >= 15 is 0 Å². The molecule has 0 aliphatic rings. The van der Waals surface area contributed by atoms with E-state index in [1.165, 1.54) is 0 Å².